The Morgan fingerprint density at radius 2 is 2.04 bits per heavy atom. The molecule has 0 radical (unpaired) electrons. The van der Waals surface area contributed by atoms with Crippen LogP contribution in [-0.2, 0) is 16.1 Å². The molecule has 0 saturated carbocycles. The third-order valence-corrected chi connectivity index (χ3v) is 3.91. The number of carbonyl (C=O) groups is 1. The van der Waals surface area contributed by atoms with Crippen molar-refractivity contribution in [2.45, 2.75) is 51.5 Å². The molecule has 5 heteroatoms. The third kappa shape index (κ3) is 6.29. The number of aliphatic hydroxyl groups excluding tert-OH is 1. The lowest BCUT2D eigenvalue weighted by molar-refractivity contribution is -0.130. The molecular weight excluding hydrogens is 292 g/mol. The molecule has 2 unspecified atom stereocenters. The number of carbonyl (C=O) groups excluding carboxylic acids is 1. The summed E-state index contributed by atoms with van der Waals surface area (Å²) in [5.41, 5.74) is 0.897. The van der Waals surface area contributed by atoms with Crippen molar-refractivity contribution in [2.24, 2.45) is 0 Å². The topological polar surface area (TPSA) is 61.8 Å². The quantitative estimate of drug-likeness (QED) is 0.835. The summed E-state index contributed by atoms with van der Waals surface area (Å²) in [5.74, 6) is -0.110. The number of amides is 1. The molecule has 0 aromatic heterocycles. The first-order valence-electron chi connectivity index (χ1n) is 8.20. The molecule has 1 aromatic carbocycles. The van der Waals surface area contributed by atoms with Crippen LogP contribution in [0.1, 0.15) is 32.8 Å². The van der Waals surface area contributed by atoms with Crippen LogP contribution in [0.5, 0.6) is 0 Å². The van der Waals surface area contributed by atoms with Gasteiger partial charge in [-0.2, -0.15) is 0 Å². The molecule has 1 saturated heterocycles. The van der Waals surface area contributed by atoms with E-state index in [0.717, 1.165) is 6.54 Å². The zero-order valence-corrected chi connectivity index (χ0v) is 14.3. The zero-order chi connectivity index (χ0) is 16.9. The molecule has 1 amide bonds. The number of ether oxygens (including phenoxy) is 1. The Labute approximate surface area is 138 Å². The van der Waals surface area contributed by atoms with Crippen LogP contribution in [0.2, 0.25) is 0 Å². The van der Waals surface area contributed by atoms with Crippen molar-refractivity contribution in [2.75, 3.05) is 19.7 Å². The fourth-order valence-electron chi connectivity index (χ4n) is 2.75. The minimum Gasteiger partial charge on any atom is -0.392 e. The van der Waals surface area contributed by atoms with Crippen LogP contribution in [0, 0.1) is 0 Å². The maximum Gasteiger partial charge on any atom is 0.246 e. The molecule has 1 aliphatic rings. The first kappa shape index (κ1) is 17.9. The molecule has 2 rings (SSSR count). The van der Waals surface area contributed by atoms with Crippen molar-refractivity contribution in [1.82, 2.24) is 10.2 Å². The van der Waals surface area contributed by atoms with Gasteiger partial charge in [0.05, 0.1) is 11.7 Å². The van der Waals surface area contributed by atoms with Gasteiger partial charge in [-0.3, -0.25) is 9.69 Å². The van der Waals surface area contributed by atoms with E-state index in [1.165, 1.54) is 5.56 Å². The van der Waals surface area contributed by atoms with E-state index in [1.54, 1.807) is 0 Å². The van der Waals surface area contributed by atoms with E-state index in [2.05, 4.69) is 22.3 Å². The van der Waals surface area contributed by atoms with Crippen molar-refractivity contribution in [3.8, 4) is 0 Å². The standard InChI is InChI=1S/C18H28N2O3/c1-18(2,3)23-13-17(22)19-10-15-9-16(21)12-20(15)11-14-7-5-4-6-8-14/h4-8,15-16,21H,9-13H2,1-3H3,(H,19,22). The number of benzene rings is 1. The van der Waals surface area contributed by atoms with Crippen LogP contribution in [0.25, 0.3) is 0 Å². The number of rotatable bonds is 6. The summed E-state index contributed by atoms with van der Waals surface area (Å²) < 4.78 is 5.47. The number of β-amino-alcohol motifs (C(OH)–C–C–N with tert-alkyl or cyclic N) is 1. The lowest BCUT2D eigenvalue weighted by Crippen LogP contribution is -2.41. The Morgan fingerprint density at radius 1 is 1.35 bits per heavy atom. The van der Waals surface area contributed by atoms with E-state index < -0.39 is 0 Å². The summed E-state index contributed by atoms with van der Waals surface area (Å²) in [7, 11) is 0. The minimum absolute atomic E-state index is 0.0669. The van der Waals surface area contributed by atoms with Gasteiger partial charge in [0.25, 0.3) is 0 Å². The maximum absolute atomic E-state index is 11.9. The Bertz CT molecular complexity index is 499. The second kappa shape index (κ2) is 7.90. The second-order valence-electron chi connectivity index (χ2n) is 7.16. The SMILES string of the molecule is CC(C)(C)OCC(=O)NCC1CC(O)CN1Cc1ccccc1. The van der Waals surface area contributed by atoms with Crippen LogP contribution < -0.4 is 5.32 Å². The Morgan fingerprint density at radius 3 is 2.70 bits per heavy atom. The number of nitrogens with zero attached hydrogens (tertiary/aromatic N) is 1. The van der Waals surface area contributed by atoms with Crippen LogP contribution >= 0.6 is 0 Å². The summed E-state index contributed by atoms with van der Waals surface area (Å²) in [5, 5.41) is 12.9. The fraction of sp³-hybridized carbons (Fsp3) is 0.611. The van der Waals surface area contributed by atoms with E-state index in [-0.39, 0.29) is 30.3 Å². The molecule has 1 heterocycles. The molecule has 1 aliphatic heterocycles. The summed E-state index contributed by atoms with van der Waals surface area (Å²) in [6.45, 7) is 7.82. The number of hydrogen-bond acceptors (Lipinski definition) is 4. The van der Waals surface area contributed by atoms with Gasteiger partial charge in [0.1, 0.15) is 6.61 Å². The number of hydrogen-bond donors (Lipinski definition) is 2. The second-order valence-corrected chi connectivity index (χ2v) is 7.16. The molecule has 0 spiro atoms. The average molecular weight is 320 g/mol. The highest BCUT2D eigenvalue weighted by molar-refractivity contribution is 5.77. The van der Waals surface area contributed by atoms with Crippen LogP contribution in [0.15, 0.2) is 30.3 Å². The molecule has 0 bridgehead atoms. The van der Waals surface area contributed by atoms with Gasteiger partial charge in [-0.1, -0.05) is 30.3 Å². The summed E-state index contributed by atoms with van der Waals surface area (Å²) in [6, 6.07) is 10.3. The van der Waals surface area contributed by atoms with Crippen LogP contribution in [0.4, 0.5) is 0 Å². The first-order chi connectivity index (χ1) is 10.8. The van der Waals surface area contributed by atoms with Gasteiger partial charge in [0.2, 0.25) is 5.91 Å². The average Bonchev–Trinajstić information content (AvgIpc) is 2.83. The van der Waals surface area contributed by atoms with Crippen molar-refractivity contribution >= 4 is 5.91 Å². The van der Waals surface area contributed by atoms with Crippen LogP contribution in [0.3, 0.4) is 0 Å². The molecule has 1 aromatic rings. The largest absolute Gasteiger partial charge is 0.392 e. The number of nitrogens with one attached hydrogen (secondary N) is 1. The molecule has 2 atom stereocenters. The van der Waals surface area contributed by atoms with Gasteiger partial charge in [-0.05, 0) is 32.8 Å². The number of likely N-dealkylation sites (tertiary alicyclic amines) is 1. The van der Waals surface area contributed by atoms with Crippen molar-refractivity contribution in [3.05, 3.63) is 35.9 Å². The Hall–Kier alpha value is -1.43. The van der Waals surface area contributed by atoms with E-state index in [1.807, 2.05) is 39.0 Å². The molecule has 5 nitrogen and oxygen atoms in total. The molecule has 0 aliphatic carbocycles. The smallest absolute Gasteiger partial charge is 0.246 e. The van der Waals surface area contributed by atoms with Crippen molar-refractivity contribution in [3.63, 3.8) is 0 Å². The minimum atomic E-state index is -0.327. The van der Waals surface area contributed by atoms with E-state index >= 15 is 0 Å². The zero-order valence-electron chi connectivity index (χ0n) is 14.3. The van der Waals surface area contributed by atoms with Crippen molar-refractivity contribution in [1.29, 1.82) is 0 Å². The summed E-state index contributed by atoms with van der Waals surface area (Å²) in [4.78, 5) is 14.1. The molecular formula is C18H28N2O3. The fourth-order valence-corrected chi connectivity index (χ4v) is 2.75. The summed E-state index contributed by atoms with van der Waals surface area (Å²) >= 11 is 0. The molecule has 1 fully saturated rings. The van der Waals surface area contributed by atoms with Crippen LogP contribution in [-0.4, -0.2) is 53.4 Å². The summed E-state index contributed by atoms with van der Waals surface area (Å²) in [6.07, 6.45) is 0.360. The van der Waals surface area contributed by atoms with Gasteiger partial charge in [0.15, 0.2) is 0 Å². The highest BCUT2D eigenvalue weighted by Crippen LogP contribution is 2.20. The molecule has 23 heavy (non-hydrogen) atoms. The highest BCUT2D eigenvalue weighted by atomic mass is 16.5. The Kier molecular flexibility index (Phi) is 6.16. The van der Waals surface area contributed by atoms with E-state index in [0.29, 0.717) is 19.5 Å². The molecule has 2 N–H and O–H groups in total. The van der Waals surface area contributed by atoms with Gasteiger partial charge in [0, 0.05) is 25.7 Å². The van der Waals surface area contributed by atoms with E-state index in [4.69, 9.17) is 4.74 Å². The maximum atomic E-state index is 11.9. The van der Waals surface area contributed by atoms with Crippen molar-refractivity contribution < 1.29 is 14.6 Å². The normalized spacial score (nSPS) is 22.3. The predicted molar refractivity (Wildman–Crippen MR) is 90.0 cm³/mol. The predicted octanol–water partition coefficient (Wildman–Crippen LogP) is 1.55. The lowest BCUT2D eigenvalue weighted by Gasteiger charge is -2.25. The Balaban J connectivity index is 1.81. The van der Waals surface area contributed by atoms with Gasteiger partial charge < -0.3 is 15.2 Å². The van der Waals surface area contributed by atoms with E-state index in [9.17, 15) is 9.90 Å². The van der Waals surface area contributed by atoms with Gasteiger partial charge in [-0.15, -0.1) is 0 Å². The van der Waals surface area contributed by atoms with Gasteiger partial charge in [-0.25, -0.2) is 0 Å². The monoisotopic (exact) mass is 320 g/mol. The van der Waals surface area contributed by atoms with Gasteiger partial charge >= 0.3 is 0 Å². The number of aliphatic hydroxyl groups is 1. The third-order valence-electron chi connectivity index (χ3n) is 3.91. The lowest BCUT2D eigenvalue weighted by atomic mass is 10.1. The first-order valence-corrected chi connectivity index (χ1v) is 8.20. The highest BCUT2D eigenvalue weighted by Gasteiger charge is 2.31. The molecule has 128 valence electrons.